The first-order valence-electron chi connectivity index (χ1n) is 6.24. The van der Waals surface area contributed by atoms with Gasteiger partial charge in [0.15, 0.2) is 0 Å². The zero-order valence-electron chi connectivity index (χ0n) is 11.5. The molecule has 1 heterocycles. The maximum Gasteiger partial charge on any atom is 0.410 e. The van der Waals surface area contributed by atoms with Crippen LogP contribution in [0.4, 0.5) is 18.0 Å². The van der Waals surface area contributed by atoms with Crippen LogP contribution in [0.3, 0.4) is 0 Å². The third-order valence-electron chi connectivity index (χ3n) is 2.81. The first-order chi connectivity index (χ1) is 8.40. The van der Waals surface area contributed by atoms with Crippen molar-refractivity contribution in [2.45, 2.75) is 57.3 Å². The van der Waals surface area contributed by atoms with E-state index >= 15 is 0 Å². The van der Waals surface area contributed by atoms with Gasteiger partial charge < -0.3 is 15.4 Å². The summed E-state index contributed by atoms with van der Waals surface area (Å²) in [5.74, 6) is 0. The van der Waals surface area contributed by atoms with Crippen LogP contribution in [-0.4, -0.2) is 41.4 Å². The number of alkyl halides is 3. The van der Waals surface area contributed by atoms with E-state index in [2.05, 4.69) is 0 Å². The molecule has 0 aromatic rings. The van der Waals surface area contributed by atoms with E-state index in [9.17, 15) is 18.0 Å². The third kappa shape index (κ3) is 5.67. The van der Waals surface area contributed by atoms with E-state index in [1.54, 1.807) is 20.8 Å². The summed E-state index contributed by atoms with van der Waals surface area (Å²) in [5.41, 5.74) is 3.69. The van der Waals surface area contributed by atoms with Gasteiger partial charge in [0.05, 0.1) is 6.42 Å². The molecule has 1 amide bonds. The van der Waals surface area contributed by atoms with Crippen LogP contribution < -0.4 is 5.73 Å². The molecule has 2 N–H and O–H groups in total. The van der Waals surface area contributed by atoms with Crippen LogP contribution >= 0.6 is 0 Å². The van der Waals surface area contributed by atoms with Gasteiger partial charge in [-0.1, -0.05) is 0 Å². The molecule has 19 heavy (non-hydrogen) atoms. The Bertz CT molecular complexity index is 339. The van der Waals surface area contributed by atoms with Crippen molar-refractivity contribution in [3.8, 4) is 0 Å². The maximum absolute atomic E-state index is 12.5. The van der Waals surface area contributed by atoms with E-state index in [4.69, 9.17) is 10.5 Å². The quantitative estimate of drug-likeness (QED) is 0.804. The normalized spacial score (nSPS) is 25.3. The minimum Gasteiger partial charge on any atom is -0.444 e. The van der Waals surface area contributed by atoms with Gasteiger partial charge in [0.1, 0.15) is 5.60 Å². The van der Waals surface area contributed by atoms with Gasteiger partial charge in [-0.2, -0.15) is 13.2 Å². The van der Waals surface area contributed by atoms with E-state index in [-0.39, 0.29) is 13.0 Å². The number of hydrogen-bond acceptors (Lipinski definition) is 3. The Hall–Kier alpha value is -0.980. The topological polar surface area (TPSA) is 55.6 Å². The zero-order chi connectivity index (χ0) is 14.9. The SMILES string of the molecule is CC(C)(C)OC(=O)N1CCCC(N)(CC(F)(F)F)C1. The predicted molar refractivity (Wildman–Crippen MR) is 64.6 cm³/mol. The van der Waals surface area contributed by atoms with E-state index in [1.165, 1.54) is 4.90 Å². The van der Waals surface area contributed by atoms with Crippen molar-refractivity contribution in [1.82, 2.24) is 4.90 Å². The van der Waals surface area contributed by atoms with Gasteiger partial charge in [-0.05, 0) is 33.6 Å². The van der Waals surface area contributed by atoms with Gasteiger partial charge >= 0.3 is 12.3 Å². The molecule has 1 saturated heterocycles. The van der Waals surface area contributed by atoms with Crippen molar-refractivity contribution in [3.05, 3.63) is 0 Å². The fraction of sp³-hybridized carbons (Fsp3) is 0.917. The minimum absolute atomic E-state index is 0.124. The van der Waals surface area contributed by atoms with E-state index in [0.717, 1.165) is 0 Å². The van der Waals surface area contributed by atoms with Gasteiger partial charge in [0.25, 0.3) is 0 Å². The Morgan fingerprint density at radius 3 is 2.42 bits per heavy atom. The molecular formula is C12H21F3N2O2. The van der Waals surface area contributed by atoms with Crippen LogP contribution in [0.5, 0.6) is 0 Å². The molecule has 1 fully saturated rings. The second-order valence-electron chi connectivity index (χ2n) is 6.16. The van der Waals surface area contributed by atoms with Gasteiger partial charge in [-0.15, -0.1) is 0 Å². The molecule has 0 radical (unpaired) electrons. The summed E-state index contributed by atoms with van der Waals surface area (Å²) in [4.78, 5) is 13.1. The van der Waals surface area contributed by atoms with Gasteiger partial charge in [-0.25, -0.2) is 4.79 Å². The molecule has 1 unspecified atom stereocenters. The summed E-state index contributed by atoms with van der Waals surface area (Å²) in [6.07, 6.45) is -5.31. The second kappa shape index (κ2) is 5.19. The summed E-state index contributed by atoms with van der Waals surface area (Å²) in [7, 11) is 0. The molecule has 1 atom stereocenters. The number of nitrogens with zero attached hydrogens (tertiary/aromatic N) is 1. The Balaban J connectivity index is 2.66. The van der Waals surface area contributed by atoms with Crippen LogP contribution in [0.1, 0.15) is 40.0 Å². The lowest BCUT2D eigenvalue weighted by molar-refractivity contribution is -0.151. The molecular weight excluding hydrogens is 261 g/mol. The number of nitrogens with two attached hydrogens (primary N) is 1. The van der Waals surface area contributed by atoms with Gasteiger partial charge in [0, 0.05) is 18.6 Å². The first-order valence-corrected chi connectivity index (χ1v) is 6.24. The Labute approximate surface area is 111 Å². The Morgan fingerprint density at radius 1 is 1.37 bits per heavy atom. The number of amides is 1. The molecule has 0 spiro atoms. The highest BCUT2D eigenvalue weighted by atomic mass is 19.4. The lowest BCUT2D eigenvalue weighted by atomic mass is 9.87. The average molecular weight is 282 g/mol. The Kier molecular flexibility index (Phi) is 4.39. The molecule has 0 aliphatic carbocycles. The van der Waals surface area contributed by atoms with Crippen molar-refractivity contribution in [2.24, 2.45) is 5.73 Å². The zero-order valence-corrected chi connectivity index (χ0v) is 11.5. The summed E-state index contributed by atoms with van der Waals surface area (Å²) in [5, 5.41) is 0. The molecule has 0 aromatic heterocycles. The smallest absolute Gasteiger partial charge is 0.410 e. The van der Waals surface area contributed by atoms with Crippen molar-refractivity contribution < 1.29 is 22.7 Å². The molecule has 1 rings (SSSR count). The molecule has 1 aliphatic rings. The summed E-state index contributed by atoms with van der Waals surface area (Å²) in [6, 6.07) is 0. The monoisotopic (exact) mass is 282 g/mol. The maximum atomic E-state index is 12.5. The van der Waals surface area contributed by atoms with Crippen LogP contribution in [0, 0.1) is 0 Å². The van der Waals surface area contributed by atoms with Gasteiger partial charge in [0.2, 0.25) is 0 Å². The lowest BCUT2D eigenvalue weighted by Crippen LogP contribution is -2.58. The third-order valence-corrected chi connectivity index (χ3v) is 2.81. The lowest BCUT2D eigenvalue weighted by Gasteiger charge is -2.40. The number of piperidine rings is 1. The van der Waals surface area contributed by atoms with Crippen LogP contribution in [-0.2, 0) is 4.74 Å². The van der Waals surface area contributed by atoms with Crippen LogP contribution in [0.15, 0.2) is 0 Å². The number of ether oxygens (including phenoxy) is 1. The fourth-order valence-corrected chi connectivity index (χ4v) is 2.19. The van der Waals surface area contributed by atoms with Gasteiger partial charge in [-0.3, -0.25) is 0 Å². The molecule has 112 valence electrons. The molecule has 4 nitrogen and oxygen atoms in total. The standard InChI is InChI=1S/C12H21F3N2O2/c1-10(2,3)19-9(18)17-6-4-5-11(16,8-17)7-12(13,14)15/h4-8,16H2,1-3H3. The summed E-state index contributed by atoms with van der Waals surface area (Å²) < 4.78 is 42.6. The van der Waals surface area contributed by atoms with E-state index in [0.29, 0.717) is 13.0 Å². The molecule has 7 heteroatoms. The summed E-state index contributed by atoms with van der Waals surface area (Å²) >= 11 is 0. The highest BCUT2D eigenvalue weighted by Crippen LogP contribution is 2.32. The number of halogens is 3. The number of rotatable bonds is 1. The first kappa shape index (κ1) is 16.1. The van der Waals surface area contributed by atoms with E-state index in [1.807, 2.05) is 0 Å². The fourth-order valence-electron chi connectivity index (χ4n) is 2.19. The number of hydrogen-bond donors (Lipinski definition) is 1. The minimum atomic E-state index is -4.33. The van der Waals surface area contributed by atoms with E-state index < -0.39 is 29.8 Å². The number of carbonyl (C=O) groups is 1. The van der Waals surface area contributed by atoms with Crippen molar-refractivity contribution in [2.75, 3.05) is 13.1 Å². The van der Waals surface area contributed by atoms with Crippen molar-refractivity contribution in [1.29, 1.82) is 0 Å². The number of likely N-dealkylation sites (tertiary alicyclic amines) is 1. The second-order valence-corrected chi connectivity index (χ2v) is 6.16. The largest absolute Gasteiger partial charge is 0.444 e. The highest BCUT2D eigenvalue weighted by Gasteiger charge is 2.43. The molecule has 0 saturated carbocycles. The van der Waals surface area contributed by atoms with Crippen LogP contribution in [0.2, 0.25) is 0 Å². The summed E-state index contributed by atoms with van der Waals surface area (Å²) in [6.45, 7) is 5.38. The predicted octanol–water partition coefficient (Wildman–Crippen LogP) is 2.67. The average Bonchev–Trinajstić information content (AvgIpc) is 2.10. The van der Waals surface area contributed by atoms with Crippen molar-refractivity contribution >= 4 is 6.09 Å². The number of carbonyl (C=O) groups excluding carboxylic acids is 1. The van der Waals surface area contributed by atoms with Crippen molar-refractivity contribution in [3.63, 3.8) is 0 Å². The highest BCUT2D eigenvalue weighted by molar-refractivity contribution is 5.68. The molecule has 0 aromatic carbocycles. The Morgan fingerprint density at radius 2 is 1.95 bits per heavy atom. The van der Waals surface area contributed by atoms with Crippen LogP contribution in [0.25, 0.3) is 0 Å². The molecule has 1 aliphatic heterocycles. The molecule has 0 bridgehead atoms.